The third-order valence-electron chi connectivity index (χ3n) is 5.11. The number of halogens is 2. The topological polar surface area (TPSA) is 0 Å². The van der Waals surface area contributed by atoms with Crippen molar-refractivity contribution in [3.8, 4) is 11.1 Å². The van der Waals surface area contributed by atoms with Crippen LogP contribution in [-0.4, -0.2) is 9.52 Å². The van der Waals surface area contributed by atoms with Crippen molar-refractivity contribution in [2.75, 3.05) is 0 Å². The van der Waals surface area contributed by atoms with E-state index in [1.54, 1.807) is 0 Å². The first kappa shape index (κ1) is 33.8. The molecule has 0 amide bonds. The molecule has 2 aromatic rings. The molecule has 0 saturated carbocycles. The summed E-state index contributed by atoms with van der Waals surface area (Å²) in [7, 11) is 0.750. The van der Waals surface area contributed by atoms with Gasteiger partial charge in [0.1, 0.15) is 0 Å². The molecule has 0 saturated heterocycles. The van der Waals surface area contributed by atoms with Crippen LogP contribution in [0.15, 0.2) is 48.6 Å². The van der Waals surface area contributed by atoms with E-state index in [1.165, 1.54) is 33.4 Å². The number of fused-ring (bicyclic) bond motifs is 3. The van der Waals surface area contributed by atoms with E-state index in [4.69, 9.17) is 0 Å². The Hall–Kier alpha value is -0.413. The zero-order chi connectivity index (χ0) is 21.7. The van der Waals surface area contributed by atoms with Crippen molar-refractivity contribution in [1.29, 1.82) is 0 Å². The zero-order valence-corrected chi connectivity index (χ0v) is 27.1. The first-order valence-corrected chi connectivity index (χ1v) is 13.0. The first-order chi connectivity index (χ1) is 13.6. The average Bonchev–Trinajstić information content (AvgIpc) is 3.31. The number of hydrogen-bond acceptors (Lipinski definition) is 0. The summed E-state index contributed by atoms with van der Waals surface area (Å²) in [6, 6.07) is 14.9. The van der Waals surface area contributed by atoms with Gasteiger partial charge < -0.3 is 24.8 Å². The normalized spacial score (nSPS) is 12.5. The molecule has 2 aromatic carbocycles. The van der Waals surface area contributed by atoms with Gasteiger partial charge in [-0.2, -0.15) is 35.4 Å². The third kappa shape index (κ3) is 9.09. The molecule has 0 aromatic heterocycles. The Balaban J connectivity index is 0. The summed E-state index contributed by atoms with van der Waals surface area (Å²) in [6.07, 6.45) is 11.0. The predicted octanol–water partition coefficient (Wildman–Crippen LogP) is 1.48. The second-order valence-corrected chi connectivity index (χ2v) is 11.0. The van der Waals surface area contributed by atoms with Crippen LogP contribution in [0.3, 0.4) is 0 Å². The maximum absolute atomic E-state index is 3.55. The summed E-state index contributed by atoms with van der Waals surface area (Å²) in [5.74, 6) is 0. The van der Waals surface area contributed by atoms with Gasteiger partial charge in [-0.05, 0) is 23.0 Å². The van der Waals surface area contributed by atoms with E-state index in [0.29, 0.717) is 0 Å². The van der Waals surface area contributed by atoms with Crippen molar-refractivity contribution >= 4 is 9.52 Å². The SMILES string of the molecule is CC(C)(C)c1c[c-]c2c(c1)-c1cccc(C(C)(C)C)c1C2.C[SiH]C.[C-]1=CC=CC1.[Cl-].[Cl-].[Hf+4]. The van der Waals surface area contributed by atoms with Gasteiger partial charge in [-0.3, -0.25) is 6.08 Å². The molecule has 0 unspecified atom stereocenters. The van der Waals surface area contributed by atoms with E-state index in [2.05, 4.69) is 103 Å². The molecule has 0 aliphatic heterocycles. The summed E-state index contributed by atoms with van der Waals surface area (Å²) in [6.45, 7) is 18.1. The molecule has 2 aliphatic carbocycles. The minimum Gasteiger partial charge on any atom is -1.00 e. The van der Waals surface area contributed by atoms with Crippen molar-refractivity contribution < 1.29 is 50.7 Å². The van der Waals surface area contributed by atoms with E-state index in [1.807, 2.05) is 12.2 Å². The maximum atomic E-state index is 3.55. The molecular weight excluding hydrogens is 614 g/mol. The van der Waals surface area contributed by atoms with Gasteiger partial charge in [0.15, 0.2) is 0 Å². The van der Waals surface area contributed by atoms with Crippen LogP contribution in [0.5, 0.6) is 0 Å². The predicted molar refractivity (Wildman–Crippen MR) is 131 cm³/mol. The molecule has 4 rings (SSSR count). The largest absolute Gasteiger partial charge is 4.00 e. The van der Waals surface area contributed by atoms with Crippen LogP contribution in [0, 0.1) is 12.1 Å². The van der Waals surface area contributed by atoms with Crippen LogP contribution in [-0.2, 0) is 43.1 Å². The Morgan fingerprint density at radius 2 is 1.53 bits per heavy atom. The van der Waals surface area contributed by atoms with E-state index >= 15 is 0 Å². The summed E-state index contributed by atoms with van der Waals surface area (Å²) in [4.78, 5) is 0. The van der Waals surface area contributed by atoms with Crippen LogP contribution < -0.4 is 24.8 Å². The summed E-state index contributed by atoms with van der Waals surface area (Å²) < 4.78 is 0. The first-order valence-electron chi connectivity index (χ1n) is 10.7. The smallest absolute Gasteiger partial charge is 1.00 e. The Bertz CT molecular complexity index is 877. The molecule has 2 aliphatic rings. The van der Waals surface area contributed by atoms with E-state index in [0.717, 1.165) is 22.4 Å². The van der Waals surface area contributed by atoms with E-state index < -0.39 is 0 Å². The van der Waals surface area contributed by atoms with Crippen molar-refractivity contribution in [3.05, 3.63) is 83.0 Å². The van der Waals surface area contributed by atoms with Gasteiger partial charge in [-0.25, -0.2) is 12.2 Å². The molecule has 32 heavy (non-hydrogen) atoms. The summed E-state index contributed by atoms with van der Waals surface area (Å²) in [5, 5.41) is 0. The average molecular weight is 651 g/mol. The minimum atomic E-state index is 0. The monoisotopic (exact) mass is 651 g/mol. The maximum Gasteiger partial charge on any atom is 4.00 e. The van der Waals surface area contributed by atoms with Crippen molar-refractivity contribution in [1.82, 2.24) is 0 Å². The van der Waals surface area contributed by atoms with Gasteiger partial charge in [-0.1, -0.05) is 83.8 Å². The molecular formula is C28H37Cl2HfSi. The minimum absolute atomic E-state index is 0. The molecule has 0 nitrogen and oxygen atoms in total. The Morgan fingerprint density at radius 1 is 0.906 bits per heavy atom. The second-order valence-electron chi connectivity index (χ2n) is 9.87. The van der Waals surface area contributed by atoms with Gasteiger partial charge in [0.2, 0.25) is 0 Å². The summed E-state index contributed by atoms with van der Waals surface area (Å²) >= 11 is 0. The van der Waals surface area contributed by atoms with Crippen molar-refractivity contribution in [3.63, 3.8) is 0 Å². The molecule has 171 valence electrons. The Labute approximate surface area is 231 Å². The number of allylic oxidation sites excluding steroid dienone is 4. The standard InChI is InChI=1S/C21H25.C5H5.C2H7Si.2ClH.Hf/c1-20(2,3)15-11-10-14-12-18-16(17(14)13-15)8-7-9-19(18)21(4,5)6;1-2-4-5-3-1;1-3-2;;;/h7-9,11,13H,12H2,1-6H3;1-3H,4H2;3H,1-2H3;2*1H;/q2*-1;;;;+4/p-2. The zero-order valence-electron chi connectivity index (χ0n) is 20.9. The van der Waals surface area contributed by atoms with Gasteiger partial charge in [0.05, 0.1) is 0 Å². The molecule has 0 bridgehead atoms. The van der Waals surface area contributed by atoms with Crippen LogP contribution in [0.4, 0.5) is 0 Å². The summed E-state index contributed by atoms with van der Waals surface area (Å²) in [5.41, 5.74) is 8.88. The molecule has 0 atom stereocenters. The fraction of sp³-hybridized carbons (Fsp3) is 0.429. The molecule has 0 fully saturated rings. The molecule has 0 N–H and O–H groups in total. The van der Waals surface area contributed by atoms with Crippen LogP contribution in [0.2, 0.25) is 13.1 Å². The van der Waals surface area contributed by atoms with E-state index in [-0.39, 0.29) is 61.5 Å². The van der Waals surface area contributed by atoms with Gasteiger partial charge in [-0.15, -0.1) is 12.0 Å². The van der Waals surface area contributed by atoms with Gasteiger partial charge in [0, 0.05) is 9.52 Å². The van der Waals surface area contributed by atoms with Gasteiger partial charge in [0.25, 0.3) is 0 Å². The quantitative estimate of drug-likeness (QED) is 0.256. The second kappa shape index (κ2) is 14.8. The van der Waals surface area contributed by atoms with Crippen molar-refractivity contribution in [2.24, 2.45) is 0 Å². The van der Waals surface area contributed by atoms with Crippen molar-refractivity contribution in [2.45, 2.75) is 78.3 Å². The van der Waals surface area contributed by atoms with Crippen LogP contribution >= 0.6 is 0 Å². The molecule has 0 spiro atoms. The molecule has 1 radical (unpaired) electrons. The number of rotatable bonds is 0. The number of benzene rings is 2. The van der Waals surface area contributed by atoms with E-state index in [9.17, 15) is 0 Å². The number of hydrogen-bond donors (Lipinski definition) is 0. The third-order valence-corrected chi connectivity index (χ3v) is 5.11. The Morgan fingerprint density at radius 3 is 1.97 bits per heavy atom. The molecule has 4 heteroatoms. The van der Waals surface area contributed by atoms with Crippen LogP contribution in [0.1, 0.15) is 70.2 Å². The fourth-order valence-corrected chi connectivity index (χ4v) is 3.60. The van der Waals surface area contributed by atoms with Crippen LogP contribution in [0.25, 0.3) is 11.1 Å². The van der Waals surface area contributed by atoms with Gasteiger partial charge >= 0.3 is 25.8 Å². The Kier molecular flexibility index (Phi) is 15.6. The fourth-order valence-electron chi connectivity index (χ4n) is 3.60. The molecule has 0 heterocycles.